The van der Waals surface area contributed by atoms with Crippen LogP contribution in [0.4, 0.5) is 0 Å². The standard InChI is InChI=1S/C17H28O2/c1-5-15(4)12-16-6-8-17(9-7-16)19-11-10-18-13-14(2)3/h6-9,14-15H,5,10-13H2,1-4H3. The summed E-state index contributed by atoms with van der Waals surface area (Å²) in [4.78, 5) is 0. The molecule has 1 aromatic rings. The summed E-state index contributed by atoms with van der Waals surface area (Å²) in [6.45, 7) is 10.9. The van der Waals surface area contributed by atoms with Crippen molar-refractivity contribution in [2.45, 2.75) is 40.5 Å². The number of hydrogen-bond donors (Lipinski definition) is 0. The van der Waals surface area contributed by atoms with Gasteiger partial charge in [-0.1, -0.05) is 46.2 Å². The van der Waals surface area contributed by atoms with Gasteiger partial charge in [-0.2, -0.15) is 0 Å². The molecule has 1 rings (SSSR count). The van der Waals surface area contributed by atoms with Gasteiger partial charge >= 0.3 is 0 Å². The third kappa shape index (κ3) is 7.22. The van der Waals surface area contributed by atoms with Crippen LogP contribution in [0.1, 0.15) is 39.7 Å². The van der Waals surface area contributed by atoms with Crippen LogP contribution in [0.5, 0.6) is 5.75 Å². The van der Waals surface area contributed by atoms with E-state index in [9.17, 15) is 0 Å². The molecule has 0 aliphatic rings. The molecule has 2 heteroatoms. The molecule has 2 nitrogen and oxygen atoms in total. The first kappa shape index (κ1) is 16.0. The molecule has 19 heavy (non-hydrogen) atoms. The average molecular weight is 264 g/mol. The number of ether oxygens (including phenoxy) is 2. The maximum Gasteiger partial charge on any atom is 0.119 e. The van der Waals surface area contributed by atoms with E-state index in [0.29, 0.717) is 19.1 Å². The fourth-order valence-corrected chi connectivity index (χ4v) is 1.81. The highest BCUT2D eigenvalue weighted by atomic mass is 16.5. The minimum Gasteiger partial charge on any atom is -0.491 e. The van der Waals surface area contributed by atoms with Crippen molar-refractivity contribution in [1.82, 2.24) is 0 Å². The Balaban J connectivity index is 2.24. The van der Waals surface area contributed by atoms with E-state index in [1.54, 1.807) is 0 Å². The molecule has 0 aliphatic heterocycles. The molecule has 0 aromatic heterocycles. The van der Waals surface area contributed by atoms with E-state index in [0.717, 1.165) is 24.7 Å². The summed E-state index contributed by atoms with van der Waals surface area (Å²) in [5.41, 5.74) is 1.39. The van der Waals surface area contributed by atoms with E-state index in [-0.39, 0.29) is 0 Å². The SMILES string of the molecule is CCC(C)Cc1ccc(OCCOCC(C)C)cc1. The predicted molar refractivity (Wildman–Crippen MR) is 80.8 cm³/mol. The highest BCUT2D eigenvalue weighted by Gasteiger charge is 2.01. The molecule has 1 aromatic carbocycles. The number of hydrogen-bond acceptors (Lipinski definition) is 2. The molecule has 0 spiro atoms. The second-order valence-electron chi connectivity index (χ2n) is 5.68. The molecule has 1 atom stereocenters. The zero-order valence-corrected chi connectivity index (χ0v) is 12.8. The van der Waals surface area contributed by atoms with Crippen molar-refractivity contribution in [3.05, 3.63) is 29.8 Å². The minimum absolute atomic E-state index is 0.583. The lowest BCUT2D eigenvalue weighted by atomic mass is 9.99. The van der Waals surface area contributed by atoms with Gasteiger partial charge < -0.3 is 9.47 Å². The van der Waals surface area contributed by atoms with Crippen LogP contribution in [0.2, 0.25) is 0 Å². The van der Waals surface area contributed by atoms with Gasteiger partial charge in [0.25, 0.3) is 0 Å². The lowest BCUT2D eigenvalue weighted by molar-refractivity contribution is 0.0819. The summed E-state index contributed by atoms with van der Waals surface area (Å²) in [7, 11) is 0. The smallest absolute Gasteiger partial charge is 0.119 e. The molecular formula is C17H28O2. The van der Waals surface area contributed by atoms with Crippen molar-refractivity contribution in [2.24, 2.45) is 11.8 Å². The molecule has 0 saturated carbocycles. The van der Waals surface area contributed by atoms with E-state index in [1.807, 2.05) is 0 Å². The van der Waals surface area contributed by atoms with Crippen molar-refractivity contribution < 1.29 is 9.47 Å². The van der Waals surface area contributed by atoms with Crippen LogP contribution in [0.15, 0.2) is 24.3 Å². The molecule has 0 N–H and O–H groups in total. The lowest BCUT2D eigenvalue weighted by Gasteiger charge is -2.11. The molecule has 108 valence electrons. The van der Waals surface area contributed by atoms with Gasteiger partial charge in [0.05, 0.1) is 6.61 Å². The highest BCUT2D eigenvalue weighted by Crippen LogP contribution is 2.16. The third-order valence-corrected chi connectivity index (χ3v) is 3.15. The first-order valence-corrected chi connectivity index (χ1v) is 7.41. The monoisotopic (exact) mass is 264 g/mol. The second kappa shape index (κ2) is 8.98. The summed E-state index contributed by atoms with van der Waals surface area (Å²) in [6, 6.07) is 8.44. The van der Waals surface area contributed by atoms with Crippen LogP contribution in [0.3, 0.4) is 0 Å². The summed E-state index contributed by atoms with van der Waals surface area (Å²) in [6.07, 6.45) is 2.37. The Kier molecular flexibility index (Phi) is 7.57. The summed E-state index contributed by atoms with van der Waals surface area (Å²) < 4.78 is 11.1. The van der Waals surface area contributed by atoms with Crippen LogP contribution < -0.4 is 4.74 Å². The van der Waals surface area contributed by atoms with Gasteiger partial charge in [-0.25, -0.2) is 0 Å². The van der Waals surface area contributed by atoms with Gasteiger partial charge in [-0.05, 0) is 36.0 Å². The molecule has 0 saturated heterocycles. The molecule has 0 fully saturated rings. The van der Waals surface area contributed by atoms with Gasteiger partial charge in [0, 0.05) is 6.61 Å². The van der Waals surface area contributed by atoms with E-state index >= 15 is 0 Å². The van der Waals surface area contributed by atoms with Gasteiger partial charge in [0.15, 0.2) is 0 Å². The number of rotatable bonds is 9. The Hall–Kier alpha value is -1.02. The Bertz CT molecular complexity index is 330. The highest BCUT2D eigenvalue weighted by molar-refractivity contribution is 5.27. The van der Waals surface area contributed by atoms with Crippen LogP contribution in [0.25, 0.3) is 0 Å². The van der Waals surface area contributed by atoms with E-state index < -0.39 is 0 Å². The van der Waals surface area contributed by atoms with Crippen LogP contribution in [0, 0.1) is 11.8 Å². The van der Waals surface area contributed by atoms with Gasteiger partial charge in [-0.15, -0.1) is 0 Å². The van der Waals surface area contributed by atoms with Crippen molar-refractivity contribution in [2.75, 3.05) is 19.8 Å². The van der Waals surface area contributed by atoms with Gasteiger partial charge in [0.1, 0.15) is 12.4 Å². The van der Waals surface area contributed by atoms with Gasteiger partial charge in [-0.3, -0.25) is 0 Å². The first-order chi connectivity index (χ1) is 9.11. The quantitative estimate of drug-likeness (QED) is 0.618. The minimum atomic E-state index is 0.583. The normalized spacial score (nSPS) is 12.7. The maximum atomic E-state index is 5.65. The average Bonchev–Trinajstić information content (AvgIpc) is 2.39. The molecule has 0 bridgehead atoms. The predicted octanol–water partition coefficient (Wildman–Crippen LogP) is 4.33. The topological polar surface area (TPSA) is 18.5 Å². The van der Waals surface area contributed by atoms with Crippen molar-refractivity contribution in [1.29, 1.82) is 0 Å². The van der Waals surface area contributed by atoms with E-state index in [1.165, 1.54) is 12.0 Å². The Morgan fingerprint density at radius 2 is 1.68 bits per heavy atom. The Morgan fingerprint density at radius 1 is 1.00 bits per heavy atom. The number of benzene rings is 1. The molecule has 1 unspecified atom stereocenters. The lowest BCUT2D eigenvalue weighted by Crippen LogP contribution is -2.10. The fourth-order valence-electron chi connectivity index (χ4n) is 1.81. The summed E-state index contributed by atoms with van der Waals surface area (Å²) in [5, 5.41) is 0. The molecule has 0 aliphatic carbocycles. The summed E-state index contributed by atoms with van der Waals surface area (Å²) in [5.74, 6) is 2.26. The van der Waals surface area contributed by atoms with Crippen molar-refractivity contribution in [3.8, 4) is 5.75 Å². The molecule has 0 amide bonds. The first-order valence-electron chi connectivity index (χ1n) is 7.41. The molecular weight excluding hydrogens is 236 g/mol. The Labute approximate surface area is 118 Å². The van der Waals surface area contributed by atoms with Crippen molar-refractivity contribution in [3.63, 3.8) is 0 Å². The van der Waals surface area contributed by atoms with Gasteiger partial charge in [0.2, 0.25) is 0 Å². The van der Waals surface area contributed by atoms with Crippen LogP contribution in [-0.2, 0) is 11.2 Å². The largest absolute Gasteiger partial charge is 0.491 e. The molecule has 0 radical (unpaired) electrons. The van der Waals surface area contributed by atoms with E-state index in [4.69, 9.17) is 9.47 Å². The zero-order valence-electron chi connectivity index (χ0n) is 12.8. The molecule has 0 heterocycles. The fraction of sp³-hybridized carbons (Fsp3) is 0.647. The van der Waals surface area contributed by atoms with Crippen LogP contribution >= 0.6 is 0 Å². The van der Waals surface area contributed by atoms with E-state index in [2.05, 4.69) is 52.0 Å². The second-order valence-corrected chi connectivity index (χ2v) is 5.68. The Morgan fingerprint density at radius 3 is 2.26 bits per heavy atom. The zero-order chi connectivity index (χ0) is 14.1. The third-order valence-electron chi connectivity index (χ3n) is 3.15. The maximum absolute atomic E-state index is 5.65. The van der Waals surface area contributed by atoms with Crippen molar-refractivity contribution >= 4 is 0 Å². The van der Waals surface area contributed by atoms with Crippen LogP contribution in [-0.4, -0.2) is 19.8 Å². The summed E-state index contributed by atoms with van der Waals surface area (Å²) >= 11 is 0.